The molecule has 10 aromatic carbocycles. The van der Waals surface area contributed by atoms with Gasteiger partial charge in [0.05, 0.1) is 29.6 Å². The van der Waals surface area contributed by atoms with Crippen molar-refractivity contribution in [2.45, 2.75) is 157 Å². The standard InChI is InChI=1S/C90H94N4OSi/c1-85(2,3)62-38-41-73-74-42-39-63(86(4,5)6)53-82(74)96(81(73)52-62)79-37-25-24-36-77(79)94(83-54-64(44-45-91-83)87(7,8)9)78-56-70(40-43-80(78)96)95-69-31-26-30-68(55-69)92-57-93(76-35-23-22-34-75(76)92)84-71(58-28-20-19-21-29-58)32-27-33-72(84)61-46-59(47-65(50-61)88(10,11)12)60-48-66(89(13,14)15)51-67(49-60)90(16,17)18/h19-56H,57H2,1-18H3/i19D,20D,21D,28D,29D. The smallest absolute Gasteiger partial charge is 0.185 e. The molecule has 0 amide bonds. The van der Waals surface area contributed by atoms with Gasteiger partial charge in [0.25, 0.3) is 0 Å². The van der Waals surface area contributed by atoms with Crippen molar-refractivity contribution in [1.82, 2.24) is 4.98 Å². The van der Waals surface area contributed by atoms with Gasteiger partial charge < -0.3 is 14.5 Å². The monoisotopic (exact) mass is 1280 g/mol. The minimum absolute atomic E-state index is 0.0973. The lowest BCUT2D eigenvalue weighted by Gasteiger charge is -2.44. The highest BCUT2D eigenvalue weighted by Gasteiger charge is 2.55. The van der Waals surface area contributed by atoms with Gasteiger partial charge in [0.1, 0.15) is 24.0 Å². The Hall–Kier alpha value is -9.23. The van der Waals surface area contributed by atoms with Gasteiger partial charge in [-0.3, -0.25) is 4.90 Å². The second-order valence-electron chi connectivity index (χ2n) is 33.1. The molecule has 0 bridgehead atoms. The fourth-order valence-electron chi connectivity index (χ4n) is 14.6. The highest BCUT2D eigenvalue weighted by molar-refractivity contribution is 7.23. The molecule has 0 N–H and O–H groups in total. The van der Waals surface area contributed by atoms with Crippen LogP contribution >= 0.6 is 0 Å². The molecule has 6 heteroatoms. The molecule has 0 unspecified atom stereocenters. The predicted molar refractivity (Wildman–Crippen MR) is 412 cm³/mol. The van der Waals surface area contributed by atoms with Crippen LogP contribution in [0.1, 0.15) is 165 Å². The average Bonchev–Trinajstić information content (AvgIpc) is 1.55. The summed E-state index contributed by atoms with van der Waals surface area (Å²) in [5.41, 5.74) is 19.5. The highest BCUT2D eigenvalue weighted by Crippen LogP contribution is 2.52. The van der Waals surface area contributed by atoms with Crippen molar-refractivity contribution in [3.8, 4) is 56.0 Å². The van der Waals surface area contributed by atoms with E-state index in [1.54, 1.807) is 0 Å². The molecule has 5 nitrogen and oxygen atoms in total. The molecule has 4 heterocycles. The normalized spacial score (nSPS) is 15.1. The van der Waals surface area contributed by atoms with Crippen LogP contribution in [-0.4, -0.2) is 19.7 Å². The number of benzene rings is 10. The van der Waals surface area contributed by atoms with Crippen LogP contribution in [0.3, 0.4) is 0 Å². The minimum atomic E-state index is -3.15. The highest BCUT2D eigenvalue weighted by atomic mass is 28.3. The van der Waals surface area contributed by atoms with Crippen molar-refractivity contribution >= 4 is 68.8 Å². The van der Waals surface area contributed by atoms with E-state index in [4.69, 9.17) is 13.8 Å². The molecule has 14 rings (SSSR count). The van der Waals surface area contributed by atoms with E-state index in [0.29, 0.717) is 23.7 Å². The summed E-state index contributed by atoms with van der Waals surface area (Å²) in [5.74, 6) is 2.18. The van der Waals surface area contributed by atoms with E-state index >= 15 is 0 Å². The molecule has 3 aliphatic heterocycles. The van der Waals surface area contributed by atoms with Gasteiger partial charge in [-0.25, -0.2) is 4.98 Å². The summed E-state index contributed by atoms with van der Waals surface area (Å²) >= 11 is 0. The third kappa shape index (κ3) is 11.3. The number of anilines is 7. The fraction of sp³-hybridized carbons (Fsp3) is 0.278. The fourth-order valence-corrected chi connectivity index (χ4v) is 20.2. The average molecular weight is 1280 g/mol. The van der Waals surface area contributed by atoms with Crippen LogP contribution in [0.2, 0.25) is 0 Å². The van der Waals surface area contributed by atoms with Gasteiger partial charge in [-0.2, -0.15) is 0 Å². The second kappa shape index (κ2) is 23.0. The molecule has 0 atom stereocenters. The number of hydrogen-bond donors (Lipinski definition) is 0. The lowest BCUT2D eigenvalue weighted by atomic mass is 9.78. The van der Waals surface area contributed by atoms with Crippen molar-refractivity contribution in [3.63, 3.8) is 0 Å². The number of ether oxygens (including phenoxy) is 1. The molecule has 0 saturated heterocycles. The third-order valence-electron chi connectivity index (χ3n) is 20.2. The molecule has 484 valence electrons. The number of rotatable bonds is 8. The summed E-state index contributed by atoms with van der Waals surface area (Å²) in [7, 11) is -3.15. The zero-order valence-electron chi connectivity index (χ0n) is 64.5. The zero-order valence-corrected chi connectivity index (χ0v) is 60.5. The first kappa shape index (κ1) is 58.1. The molecule has 0 aliphatic carbocycles. The molecule has 1 aromatic heterocycles. The molecule has 0 fully saturated rings. The molecule has 3 aliphatic rings. The maximum Gasteiger partial charge on any atom is 0.185 e. The molecule has 0 radical (unpaired) electrons. The van der Waals surface area contributed by atoms with E-state index in [2.05, 4.69) is 309 Å². The number of fused-ring (bicyclic) bond motifs is 10. The summed E-state index contributed by atoms with van der Waals surface area (Å²) in [6.45, 7) is 41.4. The van der Waals surface area contributed by atoms with Gasteiger partial charge in [0.15, 0.2) is 8.07 Å². The van der Waals surface area contributed by atoms with Crippen molar-refractivity contribution < 1.29 is 11.6 Å². The Balaban J connectivity index is 0.930. The Kier molecular flexibility index (Phi) is 13.9. The lowest BCUT2D eigenvalue weighted by Crippen LogP contribution is -2.75. The first-order chi connectivity index (χ1) is 47.4. The van der Waals surface area contributed by atoms with Gasteiger partial charge in [-0.15, -0.1) is 0 Å². The Bertz CT molecular complexity index is 5060. The quantitative estimate of drug-likeness (QED) is 0.142. The van der Waals surface area contributed by atoms with Crippen LogP contribution in [0.5, 0.6) is 11.5 Å². The van der Waals surface area contributed by atoms with Gasteiger partial charge in [-0.1, -0.05) is 282 Å². The van der Waals surface area contributed by atoms with Crippen molar-refractivity contribution in [3.05, 3.63) is 264 Å². The molecule has 96 heavy (non-hydrogen) atoms. The van der Waals surface area contributed by atoms with Crippen LogP contribution in [0, 0.1) is 0 Å². The van der Waals surface area contributed by atoms with E-state index in [1.165, 1.54) is 59.7 Å². The Labute approximate surface area is 580 Å². The van der Waals surface area contributed by atoms with E-state index in [1.807, 2.05) is 30.5 Å². The largest absolute Gasteiger partial charge is 0.457 e. The molecule has 1 spiro atoms. The Morgan fingerprint density at radius 3 is 1.44 bits per heavy atom. The number of nitrogens with zero attached hydrogens (tertiary/aromatic N) is 4. The van der Waals surface area contributed by atoms with Crippen molar-refractivity contribution in [1.29, 1.82) is 0 Å². The van der Waals surface area contributed by atoms with Crippen LogP contribution in [0.25, 0.3) is 44.5 Å². The molecular formula is C90H94N4OSi. The van der Waals surface area contributed by atoms with E-state index in [0.717, 1.165) is 67.8 Å². The van der Waals surface area contributed by atoms with Crippen LogP contribution in [0.4, 0.5) is 39.9 Å². The van der Waals surface area contributed by atoms with E-state index in [-0.39, 0.29) is 62.2 Å². The maximum atomic E-state index is 9.56. The molecular weight excluding hydrogens is 1180 g/mol. The van der Waals surface area contributed by atoms with Crippen LogP contribution in [-0.2, 0) is 32.5 Å². The van der Waals surface area contributed by atoms with Gasteiger partial charge in [0.2, 0.25) is 0 Å². The Morgan fingerprint density at radius 1 is 0.354 bits per heavy atom. The van der Waals surface area contributed by atoms with E-state index < -0.39 is 14.1 Å². The minimum Gasteiger partial charge on any atom is -0.457 e. The van der Waals surface area contributed by atoms with Crippen molar-refractivity contribution in [2.75, 3.05) is 21.4 Å². The Morgan fingerprint density at radius 2 is 0.844 bits per heavy atom. The van der Waals surface area contributed by atoms with Crippen LogP contribution in [0.15, 0.2) is 231 Å². The number of para-hydroxylation sites is 4. The molecule has 0 saturated carbocycles. The maximum absolute atomic E-state index is 9.56. The summed E-state index contributed by atoms with van der Waals surface area (Å²) in [4.78, 5) is 12.2. The summed E-state index contributed by atoms with van der Waals surface area (Å²) < 4.78 is 53.2. The van der Waals surface area contributed by atoms with Crippen LogP contribution < -0.4 is 40.2 Å². The lowest BCUT2D eigenvalue weighted by molar-refractivity contribution is 0.483. The first-order valence-corrected chi connectivity index (χ1v) is 36.2. The van der Waals surface area contributed by atoms with E-state index in [9.17, 15) is 2.74 Å². The summed E-state index contributed by atoms with van der Waals surface area (Å²) in [6, 6.07) is 69.8. The third-order valence-corrected chi connectivity index (χ3v) is 25.1. The zero-order chi connectivity index (χ0) is 72.2. The number of pyridine rings is 1. The van der Waals surface area contributed by atoms with Gasteiger partial charge >= 0.3 is 0 Å². The summed E-state index contributed by atoms with van der Waals surface area (Å²) in [5, 5.41) is 5.41. The predicted octanol–water partition coefficient (Wildman–Crippen LogP) is 22.0. The van der Waals surface area contributed by atoms with Gasteiger partial charge in [-0.05, 0) is 175 Å². The van der Waals surface area contributed by atoms with Crippen molar-refractivity contribution in [2.24, 2.45) is 0 Å². The summed E-state index contributed by atoms with van der Waals surface area (Å²) in [6.07, 6.45) is 1.96. The SMILES string of the molecule is [2H]c1c([2H])c([2H])c(-c2cccc(-c3cc(-c4cc(C(C)(C)C)cc(C(C)(C)C)c4)cc(C(C)(C)C)c3)c2N2CN(c3cccc(Oc4ccc5c(c4)N(c4cc(C(C)(C)C)ccn4)c4ccccc4[Si]54c5cc(C(C)(C)C)ccc5-c5ccc(C(C)(C)C)cc54)c3)c3ccccc32)c([2H])c1[2H]. The van der Waals surface area contributed by atoms with Gasteiger partial charge in [0, 0.05) is 40.8 Å². The number of hydrogen-bond acceptors (Lipinski definition) is 5. The second-order valence-corrected chi connectivity index (χ2v) is 36.7. The first-order valence-electron chi connectivity index (χ1n) is 36.7. The number of aromatic nitrogens is 1. The molecule has 11 aromatic rings. The topological polar surface area (TPSA) is 31.8 Å².